The lowest BCUT2D eigenvalue weighted by atomic mass is 10.2. The number of halogens is 1. The maximum Gasteiger partial charge on any atom is 0.276 e. The SMILES string of the molecule is CO/C(=N\NS(=O)(=O)c1ccc(Cl)cc1)c1ccccc1. The Bertz CT molecular complexity index is 729. The number of hydrazone groups is 1. The molecule has 0 fully saturated rings. The molecule has 0 heterocycles. The first-order chi connectivity index (χ1) is 10.0. The zero-order chi connectivity index (χ0) is 15.3. The van der Waals surface area contributed by atoms with Gasteiger partial charge in [0.15, 0.2) is 0 Å². The number of nitrogens with one attached hydrogen (secondary N) is 1. The van der Waals surface area contributed by atoms with Gasteiger partial charge in [-0.2, -0.15) is 13.2 Å². The average molecular weight is 325 g/mol. The van der Waals surface area contributed by atoms with E-state index in [0.29, 0.717) is 10.6 Å². The van der Waals surface area contributed by atoms with Crippen molar-refractivity contribution >= 4 is 27.5 Å². The number of hydrogen-bond acceptors (Lipinski definition) is 4. The van der Waals surface area contributed by atoms with Crippen molar-refractivity contribution < 1.29 is 13.2 Å². The predicted octanol–water partition coefficient (Wildman–Crippen LogP) is 2.63. The van der Waals surface area contributed by atoms with Crippen molar-refractivity contribution in [3.05, 3.63) is 65.2 Å². The van der Waals surface area contributed by atoms with Crippen LogP contribution in [-0.4, -0.2) is 21.4 Å². The number of sulfonamides is 1. The van der Waals surface area contributed by atoms with E-state index in [1.54, 1.807) is 24.3 Å². The summed E-state index contributed by atoms with van der Waals surface area (Å²) in [5, 5.41) is 4.26. The smallest absolute Gasteiger partial charge is 0.276 e. The van der Waals surface area contributed by atoms with Crippen LogP contribution in [0.1, 0.15) is 5.56 Å². The number of hydrogen-bond donors (Lipinski definition) is 1. The van der Waals surface area contributed by atoms with Gasteiger partial charge in [-0.15, -0.1) is 5.10 Å². The van der Waals surface area contributed by atoms with E-state index >= 15 is 0 Å². The van der Waals surface area contributed by atoms with E-state index in [1.807, 2.05) is 6.07 Å². The Morgan fingerprint density at radius 1 is 1.10 bits per heavy atom. The number of ether oxygens (including phenoxy) is 1. The van der Waals surface area contributed by atoms with Crippen LogP contribution < -0.4 is 4.83 Å². The fourth-order valence-electron chi connectivity index (χ4n) is 1.58. The minimum Gasteiger partial charge on any atom is -0.480 e. The second kappa shape index (κ2) is 6.60. The molecule has 0 spiro atoms. The van der Waals surface area contributed by atoms with Crippen LogP contribution in [-0.2, 0) is 14.8 Å². The Morgan fingerprint density at radius 3 is 2.29 bits per heavy atom. The first-order valence-corrected chi connectivity index (χ1v) is 7.83. The molecule has 0 aromatic heterocycles. The van der Waals surface area contributed by atoms with Crippen molar-refractivity contribution in [2.45, 2.75) is 4.90 Å². The van der Waals surface area contributed by atoms with Gasteiger partial charge in [-0.25, -0.2) is 0 Å². The van der Waals surface area contributed by atoms with E-state index < -0.39 is 10.0 Å². The Balaban J connectivity index is 2.24. The third-order valence-electron chi connectivity index (χ3n) is 2.61. The van der Waals surface area contributed by atoms with Crippen molar-refractivity contribution in [3.63, 3.8) is 0 Å². The molecule has 110 valence electrons. The van der Waals surface area contributed by atoms with Crippen molar-refractivity contribution in [3.8, 4) is 0 Å². The van der Waals surface area contributed by atoms with Gasteiger partial charge < -0.3 is 4.74 Å². The molecule has 0 aliphatic heterocycles. The minimum atomic E-state index is -3.77. The van der Waals surface area contributed by atoms with E-state index in [0.717, 1.165) is 0 Å². The summed E-state index contributed by atoms with van der Waals surface area (Å²) < 4.78 is 29.2. The predicted molar refractivity (Wildman–Crippen MR) is 81.8 cm³/mol. The van der Waals surface area contributed by atoms with Crippen molar-refractivity contribution in [2.75, 3.05) is 7.11 Å². The Kier molecular flexibility index (Phi) is 4.82. The summed E-state index contributed by atoms with van der Waals surface area (Å²) in [5.41, 5.74) is 0.666. The third-order valence-corrected chi connectivity index (χ3v) is 4.08. The summed E-state index contributed by atoms with van der Waals surface area (Å²) in [6, 6.07) is 14.8. The van der Waals surface area contributed by atoms with Crippen LogP contribution in [0, 0.1) is 0 Å². The Labute approximate surface area is 128 Å². The van der Waals surface area contributed by atoms with Crippen LogP contribution in [0.3, 0.4) is 0 Å². The molecule has 21 heavy (non-hydrogen) atoms. The maximum atomic E-state index is 12.1. The largest absolute Gasteiger partial charge is 0.480 e. The summed E-state index contributed by atoms with van der Waals surface area (Å²) in [4.78, 5) is 2.21. The van der Waals surface area contributed by atoms with Crippen LogP contribution >= 0.6 is 11.6 Å². The molecule has 2 aromatic carbocycles. The molecule has 7 heteroatoms. The highest BCUT2D eigenvalue weighted by Gasteiger charge is 2.13. The monoisotopic (exact) mass is 324 g/mol. The minimum absolute atomic E-state index is 0.0687. The van der Waals surface area contributed by atoms with Gasteiger partial charge in [-0.3, -0.25) is 0 Å². The molecule has 0 amide bonds. The van der Waals surface area contributed by atoms with E-state index in [2.05, 4.69) is 9.93 Å². The summed E-state index contributed by atoms with van der Waals surface area (Å²) in [6.45, 7) is 0. The Hall–Kier alpha value is -2.05. The van der Waals surface area contributed by atoms with Crippen molar-refractivity contribution in [1.82, 2.24) is 4.83 Å². The van der Waals surface area contributed by atoms with Crippen molar-refractivity contribution in [1.29, 1.82) is 0 Å². The molecule has 0 aliphatic carbocycles. The van der Waals surface area contributed by atoms with Gasteiger partial charge in [0.05, 0.1) is 12.0 Å². The summed E-state index contributed by atoms with van der Waals surface area (Å²) >= 11 is 5.73. The van der Waals surface area contributed by atoms with Crippen LogP contribution in [0.25, 0.3) is 0 Å². The van der Waals surface area contributed by atoms with Gasteiger partial charge in [-0.1, -0.05) is 29.8 Å². The second-order valence-corrected chi connectivity index (χ2v) is 6.13. The molecular weight excluding hydrogens is 312 g/mol. The molecule has 1 N–H and O–H groups in total. The summed E-state index contributed by atoms with van der Waals surface area (Å²) in [5.74, 6) is 0.174. The van der Waals surface area contributed by atoms with Gasteiger partial charge >= 0.3 is 0 Å². The number of benzene rings is 2. The van der Waals surface area contributed by atoms with Gasteiger partial charge in [0.25, 0.3) is 10.0 Å². The zero-order valence-corrected chi connectivity index (χ0v) is 12.7. The summed E-state index contributed by atoms with van der Waals surface area (Å²) in [6.07, 6.45) is 0. The maximum absolute atomic E-state index is 12.1. The van der Waals surface area contributed by atoms with Gasteiger partial charge in [0.1, 0.15) is 0 Å². The molecule has 0 bridgehead atoms. The molecule has 2 aromatic rings. The molecule has 0 aliphatic rings. The van der Waals surface area contributed by atoms with E-state index in [9.17, 15) is 8.42 Å². The first-order valence-electron chi connectivity index (χ1n) is 5.97. The molecule has 0 radical (unpaired) electrons. The normalized spacial score (nSPS) is 12.0. The van der Waals surface area contributed by atoms with Crippen LogP contribution in [0.15, 0.2) is 64.6 Å². The molecule has 0 unspecified atom stereocenters. The molecule has 2 rings (SSSR count). The highest BCUT2D eigenvalue weighted by Crippen LogP contribution is 2.14. The van der Waals surface area contributed by atoms with Crippen molar-refractivity contribution in [2.24, 2.45) is 5.10 Å². The van der Waals surface area contributed by atoms with Gasteiger partial charge in [0, 0.05) is 10.6 Å². The first kappa shape index (κ1) is 15.3. The summed E-state index contributed by atoms with van der Waals surface area (Å²) in [7, 11) is -2.35. The highest BCUT2D eigenvalue weighted by atomic mass is 35.5. The standard InChI is InChI=1S/C14H13ClN2O3S/c1-20-14(11-5-3-2-4-6-11)16-17-21(18,19)13-9-7-12(15)8-10-13/h2-10,17H,1H3/b16-14-. The lowest BCUT2D eigenvalue weighted by molar-refractivity contribution is 0.401. The van der Waals surface area contributed by atoms with E-state index in [-0.39, 0.29) is 10.8 Å². The molecule has 0 saturated carbocycles. The van der Waals surface area contributed by atoms with Crippen LogP contribution in [0.2, 0.25) is 5.02 Å². The lowest BCUT2D eigenvalue weighted by Gasteiger charge is -2.07. The number of rotatable bonds is 4. The number of methoxy groups -OCH3 is 1. The molecule has 0 atom stereocenters. The molecular formula is C14H13ClN2O3S. The van der Waals surface area contributed by atoms with Gasteiger partial charge in [0.2, 0.25) is 5.90 Å². The van der Waals surface area contributed by atoms with Crippen LogP contribution in [0.4, 0.5) is 0 Å². The Morgan fingerprint density at radius 2 is 1.71 bits per heavy atom. The van der Waals surface area contributed by atoms with E-state index in [4.69, 9.17) is 16.3 Å². The third kappa shape index (κ3) is 3.96. The van der Waals surface area contributed by atoms with Gasteiger partial charge in [-0.05, 0) is 36.4 Å². The molecule has 0 saturated heterocycles. The fourth-order valence-corrected chi connectivity index (χ4v) is 2.51. The van der Waals surface area contributed by atoms with E-state index in [1.165, 1.54) is 31.4 Å². The topological polar surface area (TPSA) is 67.8 Å². The average Bonchev–Trinajstić information content (AvgIpc) is 2.49. The zero-order valence-electron chi connectivity index (χ0n) is 11.2. The lowest BCUT2D eigenvalue weighted by Crippen LogP contribution is -2.21. The molecule has 5 nitrogen and oxygen atoms in total. The second-order valence-electron chi connectivity index (χ2n) is 4.04. The van der Waals surface area contributed by atoms with Crippen LogP contribution in [0.5, 0.6) is 0 Å². The number of nitrogens with zero attached hydrogens (tertiary/aromatic N) is 1. The fraction of sp³-hybridized carbons (Fsp3) is 0.0714. The quantitative estimate of drug-likeness (QED) is 0.534. The highest BCUT2D eigenvalue weighted by molar-refractivity contribution is 7.89.